The smallest absolute Gasteiger partial charge is 0.251 e. The van der Waals surface area contributed by atoms with Crippen LogP contribution in [-0.4, -0.2) is 55.6 Å². The molecule has 1 fully saturated rings. The van der Waals surface area contributed by atoms with E-state index in [0.29, 0.717) is 18.7 Å². The second kappa shape index (κ2) is 8.29. The molecule has 2 amide bonds. The first-order valence-electron chi connectivity index (χ1n) is 8.91. The lowest BCUT2D eigenvalue weighted by molar-refractivity contribution is -0.135. The summed E-state index contributed by atoms with van der Waals surface area (Å²) in [7, 11) is 1.52. The molecule has 6 heteroatoms. The SMILES string of the molecule is COCC(N)C(=O)N1CCCC(NC(=O)c2ccc3ccccc3c2)C1. The van der Waals surface area contributed by atoms with Crippen molar-refractivity contribution in [3.05, 3.63) is 48.0 Å². The van der Waals surface area contributed by atoms with Gasteiger partial charge in [-0.3, -0.25) is 9.59 Å². The fourth-order valence-corrected chi connectivity index (χ4v) is 3.38. The van der Waals surface area contributed by atoms with Crippen LogP contribution in [0.5, 0.6) is 0 Å². The number of likely N-dealkylation sites (tertiary alicyclic amines) is 1. The molecule has 1 heterocycles. The van der Waals surface area contributed by atoms with Crippen molar-refractivity contribution in [2.75, 3.05) is 26.8 Å². The van der Waals surface area contributed by atoms with Crippen molar-refractivity contribution in [3.63, 3.8) is 0 Å². The molecule has 6 nitrogen and oxygen atoms in total. The number of amides is 2. The largest absolute Gasteiger partial charge is 0.383 e. The number of benzene rings is 2. The van der Waals surface area contributed by atoms with E-state index in [1.165, 1.54) is 7.11 Å². The Balaban J connectivity index is 1.63. The average Bonchev–Trinajstić information content (AvgIpc) is 2.67. The summed E-state index contributed by atoms with van der Waals surface area (Å²) in [5.41, 5.74) is 6.47. The van der Waals surface area contributed by atoms with Crippen molar-refractivity contribution in [3.8, 4) is 0 Å². The molecular formula is C20H25N3O3. The third-order valence-electron chi connectivity index (χ3n) is 4.74. The van der Waals surface area contributed by atoms with Gasteiger partial charge in [-0.15, -0.1) is 0 Å². The van der Waals surface area contributed by atoms with Crippen molar-refractivity contribution in [1.29, 1.82) is 0 Å². The molecule has 0 spiro atoms. The number of nitrogens with one attached hydrogen (secondary N) is 1. The number of fused-ring (bicyclic) bond motifs is 1. The van der Waals surface area contributed by atoms with Gasteiger partial charge in [-0.1, -0.05) is 30.3 Å². The number of methoxy groups -OCH3 is 1. The monoisotopic (exact) mass is 355 g/mol. The molecule has 1 aliphatic heterocycles. The zero-order chi connectivity index (χ0) is 18.5. The fourth-order valence-electron chi connectivity index (χ4n) is 3.38. The van der Waals surface area contributed by atoms with Gasteiger partial charge in [-0.2, -0.15) is 0 Å². The van der Waals surface area contributed by atoms with E-state index in [9.17, 15) is 9.59 Å². The molecule has 0 saturated carbocycles. The van der Waals surface area contributed by atoms with Crippen LogP contribution in [0, 0.1) is 0 Å². The lowest BCUT2D eigenvalue weighted by atomic mass is 10.0. The molecule has 1 aliphatic rings. The number of hydrogen-bond donors (Lipinski definition) is 2. The summed E-state index contributed by atoms with van der Waals surface area (Å²) < 4.78 is 4.96. The molecule has 26 heavy (non-hydrogen) atoms. The third kappa shape index (κ3) is 4.20. The molecule has 3 N–H and O–H groups in total. The van der Waals surface area contributed by atoms with E-state index in [1.54, 1.807) is 4.90 Å². The average molecular weight is 355 g/mol. The Hall–Kier alpha value is -2.44. The maximum absolute atomic E-state index is 12.6. The highest BCUT2D eigenvalue weighted by Crippen LogP contribution is 2.17. The number of carbonyl (C=O) groups is 2. The van der Waals surface area contributed by atoms with Gasteiger partial charge in [-0.25, -0.2) is 0 Å². The highest BCUT2D eigenvalue weighted by Gasteiger charge is 2.28. The Bertz CT molecular complexity index is 793. The molecule has 2 unspecified atom stereocenters. The van der Waals surface area contributed by atoms with Crippen LogP contribution in [0.15, 0.2) is 42.5 Å². The molecular weight excluding hydrogens is 330 g/mol. The van der Waals surface area contributed by atoms with E-state index in [-0.39, 0.29) is 24.5 Å². The van der Waals surface area contributed by atoms with Gasteiger partial charge in [0.15, 0.2) is 0 Å². The molecule has 2 aromatic rings. The van der Waals surface area contributed by atoms with Gasteiger partial charge in [0.05, 0.1) is 6.61 Å². The van der Waals surface area contributed by atoms with E-state index in [2.05, 4.69) is 5.32 Å². The Kier molecular flexibility index (Phi) is 5.85. The van der Waals surface area contributed by atoms with Gasteiger partial charge in [0.2, 0.25) is 5.91 Å². The van der Waals surface area contributed by atoms with Crippen molar-refractivity contribution < 1.29 is 14.3 Å². The second-order valence-electron chi connectivity index (χ2n) is 6.72. The Morgan fingerprint density at radius 2 is 2.04 bits per heavy atom. The predicted molar refractivity (Wildman–Crippen MR) is 101 cm³/mol. The van der Waals surface area contributed by atoms with Crippen LogP contribution >= 0.6 is 0 Å². The topological polar surface area (TPSA) is 84.7 Å². The van der Waals surface area contributed by atoms with Crippen molar-refractivity contribution in [2.45, 2.75) is 24.9 Å². The van der Waals surface area contributed by atoms with Crippen LogP contribution in [-0.2, 0) is 9.53 Å². The number of piperidine rings is 1. The number of nitrogens with zero attached hydrogens (tertiary/aromatic N) is 1. The molecule has 2 aromatic carbocycles. The number of ether oxygens (including phenoxy) is 1. The summed E-state index contributed by atoms with van der Waals surface area (Å²) >= 11 is 0. The quantitative estimate of drug-likeness (QED) is 0.852. The minimum atomic E-state index is -0.657. The van der Waals surface area contributed by atoms with Crippen molar-refractivity contribution in [2.24, 2.45) is 5.73 Å². The Morgan fingerprint density at radius 1 is 1.27 bits per heavy atom. The van der Waals surface area contributed by atoms with E-state index in [4.69, 9.17) is 10.5 Å². The summed E-state index contributed by atoms with van der Waals surface area (Å²) in [6, 6.07) is 12.9. The van der Waals surface area contributed by atoms with Crippen LogP contribution < -0.4 is 11.1 Å². The lowest BCUT2D eigenvalue weighted by Crippen LogP contribution is -2.54. The standard InChI is InChI=1S/C20H25N3O3/c1-26-13-18(21)20(25)23-10-4-7-17(12-23)22-19(24)16-9-8-14-5-2-3-6-15(14)11-16/h2-3,5-6,8-9,11,17-18H,4,7,10,12-13,21H2,1H3,(H,22,24). The minimum Gasteiger partial charge on any atom is -0.383 e. The van der Waals surface area contributed by atoms with E-state index in [0.717, 1.165) is 23.6 Å². The van der Waals surface area contributed by atoms with E-state index >= 15 is 0 Å². The summed E-state index contributed by atoms with van der Waals surface area (Å²) in [4.78, 5) is 26.7. The first kappa shape index (κ1) is 18.4. The number of hydrogen-bond acceptors (Lipinski definition) is 4. The summed E-state index contributed by atoms with van der Waals surface area (Å²) in [5.74, 6) is -0.243. The maximum atomic E-state index is 12.6. The molecule has 2 atom stereocenters. The van der Waals surface area contributed by atoms with Crippen molar-refractivity contribution >= 4 is 22.6 Å². The highest BCUT2D eigenvalue weighted by atomic mass is 16.5. The molecule has 138 valence electrons. The Labute approximate surface area is 153 Å². The van der Waals surface area contributed by atoms with Crippen LogP contribution in [0.1, 0.15) is 23.2 Å². The second-order valence-corrected chi connectivity index (χ2v) is 6.72. The van der Waals surface area contributed by atoms with E-state index in [1.807, 2.05) is 42.5 Å². The van der Waals surface area contributed by atoms with Crippen LogP contribution in [0.4, 0.5) is 0 Å². The summed E-state index contributed by atoms with van der Waals surface area (Å²) in [5, 5.41) is 5.19. The van der Waals surface area contributed by atoms with Gasteiger partial charge in [0.1, 0.15) is 6.04 Å². The lowest BCUT2D eigenvalue weighted by Gasteiger charge is -2.34. The van der Waals surface area contributed by atoms with Gasteiger partial charge >= 0.3 is 0 Å². The van der Waals surface area contributed by atoms with Crippen LogP contribution in [0.3, 0.4) is 0 Å². The molecule has 0 aliphatic carbocycles. The molecule has 1 saturated heterocycles. The molecule has 0 bridgehead atoms. The molecule has 3 rings (SSSR count). The normalized spacial score (nSPS) is 18.5. The summed E-state index contributed by atoms with van der Waals surface area (Å²) in [6.45, 7) is 1.34. The maximum Gasteiger partial charge on any atom is 0.251 e. The first-order chi connectivity index (χ1) is 12.6. The predicted octanol–water partition coefficient (Wildman–Crippen LogP) is 1.53. The third-order valence-corrected chi connectivity index (χ3v) is 4.74. The molecule has 0 radical (unpaired) electrons. The zero-order valence-electron chi connectivity index (χ0n) is 15.0. The molecule has 0 aromatic heterocycles. The number of rotatable bonds is 5. The van der Waals surface area contributed by atoms with Crippen LogP contribution in [0.25, 0.3) is 10.8 Å². The van der Waals surface area contributed by atoms with Crippen LogP contribution in [0.2, 0.25) is 0 Å². The fraction of sp³-hybridized carbons (Fsp3) is 0.400. The number of nitrogens with two attached hydrogens (primary N) is 1. The van der Waals surface area contributed by atoms with Gasteiger partial charge in [-0.05, 0) is 35.7 Å². The zero-order valence-corrected chi connectivity index (χ0v) is 15.0. The van der Waals surface area contributed by atoms with Gasteiger partial charge < -0.3 is 20.7 Å². The van der Waals surface area contributed by atoms with Crippen molar-refractivity contribution in [1.82, 2.24) is 10.2 Å². The Morgan fingerprint density at radius 3 is 2.81 bits per heavy atom. The summed E-state index contributed by atoms with van der Waals surface area (Å²) in [6.07, 6.45) is 1.69. The minimum absolute atomic E-state index is 0.0681. The van der Waals surface area contributed by atoms with E-state index < -0.39 is 6.04 Å². The van der Waals surface area contributed by atoms with Gasteiger partial charge in [0.25, 0.3) is 5.91 Å². The van der Waals surface area contributed by atoms with Gasteiger partial charge in [0, 0.05) is 31.8 Å². The highest BCUT2D eigenvalue weighted by molar-refractivity contribution is 5.98. The first-order valence-corrected chi connectivity index (χ1v) is 8.91. The number of carbonyl (C=O) groups excluding carboxylic acids is 2.